The molecule has 0 fully saturated rings. The number of aliphatic hydroxyl groups excluding tert-OH is 1. The van der Waals surface area contributed by atoms with Gasteiger partial charge in [-0.25, -0.2) is 9.50 Å². The maximum absolute atomic E-state index is 9.55. The van der Waals surface area contributed by atoms with Crippen molar-refractivity contribution in [1.82, 2.24) is 19.6 Å². The Morgan fingerprint density at radius 3 is 3.00 bits per heavy atom. The van der Waals surface area contributed by atoms with E-state index in [9.17, 15) is 5.11 Å². The average Bonchev–Trinajstić information content (AvgIpc) is 2.96. The molecule has 3 heterocycles. The molecule has 1 N–H and O–H groups in total. The van der Waals surface area contributed by atoms with Gasteiger partial charge in [0, 0.05) is 13.3 Å². The van der Waals surface area contributed by atoms with Gasteiger partial charge in [0.1, 0.15) is 10.7 Å². The summed E-state index contributed by atoms with van der Waals surface area (Å²) < 4.78 is 6.70. The standard InChI is InChI=1S/C12H12N4O2S/c1-18-7-10-15-16-9(6-17)11(14-12(16)19-10)8-4-2-3-5-13-8/h2-5,17H,6-7H2,1H3. The van der Waals surface area contributed by atoms with E-state index in [1.807, 2.05) is 18.2 Å². The lowest BCUT2D eigenvalue weighted by Crippen LogP contribution is -1.97. The van der Waals surface area contributed by atoms with Crippen molar-refractivity contribution in [3.8, 4) is 11.4 Å². The number of pyridine rings is 1. The molecule has 0 saturated carbocycles. The fraction of sp³-hybridized carbons (Fsp3) is 0.250. The fourth-order valence-corrected chi connectivity index (χ4v) is 2.75. The molecular weight excluding hydrogens is 264 g/mol. The van der Waals surface area contributed by atoms with Crippen molar-refractivity contribution in [1.29, 1.82) is 0 Å². The van der Waals surface area contributed by atoms with E-state index in [0.717, 1.165) is 15.7 Å². The first-order chi connectivity index (χ1) is 9.33. The molecule has 0 saturated heterocycles. The molecule has 6 nitrogen and oxygen atoms in total. The van der Waals surface area contributed by atoms with E-state index < -0.39 is 0 Å². The first-order valence-corrected chi connectivity index (χ1v) is 6.53. The highest BCUT2D eigenvalue weighted by atomic mass is 32.1. The minimum atomic E-state index is -0.136. The van der Waals surface area contributed by atoms with Gasteiger partial charge in [0.15, 0.2) is 0 Å². The van der Waals surface area contributed by atoms with Crippen LogP contribution in [0.2, 0.25) is 0 Å². The normalized spacial score (nSPS) is 11.3. The van der Waals surface area contributed by atoms with Crippen LogP contribution >= 0.6 is 11.3 Å². The van der Waals surface area contributed by atoms with Gasteiger partial charge in [-0.05, 0) is 12.1 Å². The van der Waals surface area contributed by atoms with Gasteiger partial charge in [-0.3, -0.25) is 4.98 Å². The molecule has 3 rings (SSSR count). The summed E-state index contributed by atoms with van der Waals surface area (Å²) in [5.41, 5.74) is 2.05. The second-order valence-electron chi connectivity index (χ2n) is 3.90. The van der Waals surface area contributed by atoms with E-state index >= 15 is 0 Å². The molecule has 98 valence electrons. The van der Waals surface area contributed by atoms with E-state index in [2.05, 4.69) is 15.1 Å². The summed E-state index contributed by atoms with van der Waals surface area (Å²) in [6.45, 7) is 0.307. The number of hydrogen-bond donors (Lipinski definition) is 1. The molecule has 3 aromatic rings. The van der Waals surface area contributed by atoms with Crippen LogP contribution in [-0.4, -0.2) is 31.8 Å². The first-order valence-electron chi connectivity index (χ1n) is 5.72. The summed E-state index contributed by atoms with van der Waals surface area (Å²) in [4.78, 5) is 9.49. The smallest absolute Gasteiger partial charge is 0.213 e. The van der Waals surface area contributed by atoms with Crippen LogP contribution in [0.15, 0.2) is 24.4 Å². The van der Waals surface area contributed by atoms with Gasteiger partial charge in [0.05, 0.1) is 24.6 Å². The molecule has 3 aromatic heterocycles. The number of imidazole rings is 1. The van der Waals surface area contributed by atoms with E-state index in [1.54, 1.807) is 17.8 Å². The summed E-state index contributed by atoms with van der Waals surface area (Å²) >= 11 is 1.44. The number of hydrogen-bond acceptors (Lipinski definition) is 6. The van der Waals surface area contributed by atoms with E-state index in [1.165, 1.54) is 11.3 Å². The lowest BCUT2D eigenvalue weighted by Gasteiger charge is -1.99. The number of methoxy groups -OCH3 is 1. The predicted octanol–water partition coefficient (Wildman–Crippen LogP) is 1.49. The van der Waals surface area contributed by atoms with E-state index in [4.69, 9.17) is 4.74 Å². The van der Waals surface area contributed by atoms with Gasteiger partial charge >= 0.3 is 0 Å². The van der Waals surface area contributed by atoms with Crippen molar-refractivity contribution in [3.63, 3.8) is 0 Å². The highest BCUT2D eigenvalue weighted by molar-refractivity contribution is 7.16. The molecule has 0 spiro atoms. The molecule has 0 aliphatic heterocycles. The van der Waals surface area contributed by atoms with Gasteiger partial charge in [-0.15, -0.1) is 0 Å². The zero-order chi connectivity index (χ0) is 13.2. The van der Waals surface area contributed by atoms with Crippen molar-refractivity contribution in [2.45, 2.75) is 13.2 Å². The van der Waals surface area contributed by atoms with Crippen molar-refractivity contribution >= 4 is 16.3 Å². The Kier molecular flexibility index (Phi) is 3.24. The number of rotatable bonds is 4. The van der Waals surface area contributed by atoms with Crippen LogP contribution in [-0.2, 0) is 18.0 Å². The summed E-state index contributed by atoms with van der Waals surface area (Å²) in [5, 5.41) is 14.8. The van der Waals surface area contributed by atoms with E-state index in [0.29, 0.717) is 18.0 Å². The highest BCUT2D eigenvalue weighted by Crippen LogP contribution is 2.25. The third kappa shape index (κ3) is 2.12. The molecular formula is C12H12N4O2S. The first kappa shape index (κ1) is 12.2. The van der Waals surface area contributed by atoms with Crippen LogP contribution in [0.1, 0.15) is 10.7 Å². The second-order valence-corrected chi connectivity index (χ2v) is 4.94. The largest absolute Gasteiger partial charge is 0.390 e. The molecule has 0 amide bonds. The Balaban J connectivity index is 2.13. The molecule has 7 heteroatoms. The Labute approximate surface area is 113 Å². The zero-order valence-corrected chi connectivity index (χ0v) is 11.1. The monoisotopic (exact) mass is 276 g/mol. The zero-order valence-electron chi connectivity index (χ0n) is 10.3. The van der Waals surface area contributed by atoms with Crippen LogP contribution in [0.3, 0.4) is 0 Å². The fourth-order valence-electron chi connectivity index (χ4n) is 1.86. The third-order valence-corrected chi connectivity index (χ3v) is 3.55. The lowest BCUT2D eigenvalue weighted by atomic mass is 10.2. The number of aromatic nitrogens is 4. The maximum Gasteiger partial charge on any atom is 0.213 e. The number of ether oxygens (including phenoxy) is 1. The SMILES string of the molecule is COCc1nn2c(CO)c(-c3ccccn3)nc2s1. The summed E-state index contributed by atoms with van der Waals surface area (Å²) in [5.74, 6) is 0. The van der Waals surface area contributed by atoms with Gasteiger partial charge in [0.2, 0.25) is 4.96 Å². The molecule has 0 aliphatic rings. The van der Waals surface area contributed by atoms with Gasteiger partial charge in [0.25, 0.3) is 0 Å². The highest BCUT2D eigenvalue weighted by Gasteiger charge is 2.17. The quantitative estimate of drug-likeness (QED) is 0.781. The van der Waals surface area contributed by atoms with Gasteiger partial charge in [-0.1, -0.05) is 17.4 Å². The molecule has 0 atom stereocenters. The number of fused-ring (bicyclic) bond motifs is 1. The molecule has 0 aliphatic carbocycles. The topological polar surface area (TPSA) is 72.5 Å². The Morgan fingerprint density at radius 2 is 2.32 bits per heavy atom. The van der Waals surface area contributed by atoms with Crippen molar-refractivity contribution in [2.24, 2.45) is 0 Å². The Hall–Kier alpha value is -1.83. The molecule has 0 aromatic carbocycles. The number of nitrogens with zero attached hydrogens (tertiary/aromatic N) is 4. The Bertz CT molecular complexity index is 692. The second kappa shape index (κ2) is 5.04. The van der Waals surface area contributed by atoms with Crippen molar-refractivity contribution < 1.29 is 9.84 Å². The summed E-state index contributed by atoms with van der Waals surface area (Å²) in [6, 6.07) is 5.60. The molecule has 0 radical (unpaired) electrons. The van der Waals surface area contributed by atoms with Gasteiger partial charge < -0.3 is 9.84 Å². The van der Waals surface area contributed by atoms with Crippen molar-refractivity contribution in [3.05, 3.63) is 35.1 Å². The van der Waals surface area contributed by atoms with E-state index in [-0.39, 0.29) is 6.61 Å². The van der Waals surface area contributed by atoms with Crippen LogP contribution in [0.25, 0.3) is 16.3 Å². The lowest BCUT2D eigenvalue weighted by molar-refractivity contribution is 0.183. The summed E-state index contributed by atoms with van der Waals surface area (Å²) in [6.07, 6.45) is 1.70. The average molecular weight is 276 g/mol. The van der Waals surface area contributed by atoms with Crippen molar-refractivity contribution in [2.75, 3.05) is 7.11 Å². The van der Waals surface area contributed by atoms with Crippen LogP contribution < -0.4 is 0 Å². The van der Waals surface area contributed by atoms with Crippen LogP contribution in [0.4, 0.5) is 0 Å². The van der Waals surface area contributed by atoms with Crippen LogP contribution in [0, 0.1) is 0 Å². The number of aliphatic hydroxyl groups is 1. The minimum Gasteiger partial charge on any atom is -0.390 e. The summed E-state index contributed by atoms with van der Waals surface area (Å²) in [7, 11) is 1.62. The predicted molar refractivity (Wildman–Crippen MR) is 70.7 cm³/mol. The van der Waals surface area contributed by atoms with Gasteiger partial charge in [-0.2, -0.15) is 5.10 Å². The third-order valence-electron chi connectivity index (χ3n) is 2.66. The minimum absolute atomic E-state index is 0.136. The van der Waals surface area contributed by atoms with Crippen LogP contribution in [0.5, 0.6) is 0 Å². The Morgan fingerprint density at radius 1 is 1.42 bits per heavy atom. The molecule has 0 bridgehead atoms. The molecule has 0 unspecified atom stereocenters. The molecule has 19 heavy (non-hydrogen) atoms. The maximum atomic E-state index is 9.55.